The van der Waals surface area contributed by atoms with Gasteiger partial charge in [-0.15, -0.1) is 0 Å². The van der Waals surface area contributed by atoms with E-state index in [0.717, 1.165) is 13.0 Å². The van der Waals surface area contributed by atoms with Gasteiger partial charge >= 0.3 is 0 Å². The van der Waals surface area contributed by atoms with E-state index in [1.54, 1.807) is 0 Å². The van der Waals surface area contributed by atoms with Crippen molar-refractivity contribution >= 4 is 0 Å². The Labute approximate surface area is 66.3 Å². The van der Waals surface area contributed by atoms with Gasteiger partial charge in [-0.05, 0) is 25.8 Å². The smallest absolute Gasteiger partial charge is 0.193 e. The van der Waals surface area contributed by atoms with Crippen molar-refractivity contribution in [2.75, 3.05) is 6.54 Å². The van der Waals surface area contributed by atoms with Crippen LogP contribution in [-0.2, 0) is 0 Å². The highest BCUT2D eigenvalue weighted by Crippen LogP contribution is 2.48. The first-order chi connectivity index (χ1) is 5.33. The lowest BCUT2D eigenvalue weighted by molar-refractivity contribution is 0.117. The van der Waals surface area contributed by atoms with Crippen molar-refractivity contribution < 1.29 is 0 Å². The van der Waals surface area contributed by atoms with Crippen LogP contribution in [0.4, 0.5) is 0 Å². The zero-order valence-corrected chi connectivity index (χ0v) is 6.64. The van der Waals surface area contributed by atoms with Crippen LogP contribution >= 0.6 is 0 Å². The normalized spacial score (nSPS) is 35.6. The maximum Gasteiger partial charge on any atom is 0.193 e. The lowest BCUT2D eigenvalue weighted by Gasteiger charge is -2.47. The Balaban J connectivity index is 1.77. The molecule has 60 valence electrons. The van der Waals surface area contributed by atoms with E-state index < -0.39 is 0 Å². The number of hydrogen-bond acceptors (Lipinski definition) is 3. The molecule has 3 nitrogen and oxygen atoms in total. The third kappa shape index (κ3) is 0.775. The molecule has 3 heteroatoms. The van der Waals surface area contributed by atoms with Gasteiger partial charge in [0.25, 0.3) is 0 Å². The van der Waals surface area contributed by atoms with Crippen LogP contribution in [-0.4, -0.2) is 17.7 Å². The van der Waals surface area contributed by atoms with E-state index in [2.05, 4.69) is 15.5 Å². The minimum absolute atomic E-state index is 0.103. The van der Waals surface area contributed by atoms with Gasteiger partial charge in [-0.2, -0.15) is 10.2 Å². The Kier molecular flexibility index (Phi) is 0.922. The van der Waals surface area contributed by atoms with Gasteiger partial charge in [-0.3, -0.25) is 0 Å². The largest absolute Gasteiger partial charge is 0.311 e. The molecule has 1 saturated heterocycles. The second-order valence-electron chi connectivity index (χ2n) is 4.17. The van der Waals surface area contributed by atoms with E-state index in [0.29, 0.717) is 5.54 Å². The molecule has 0 atom stereocenters. The van der Waals surface area contributed by atoms with Gasteiger partial charge in [0.15, 0.2) is 5.66 Å². The van der Waals surface area contributed by atoms with Crippen molar-refractivity contribution in [3.8, 4) is 0 Å². The van der Waals surface area contributed by atoms with Crippen LogP contribution in [0.15, 0.2) is 10.2 Å². The second-order valence-corrected chi connectivity index (χ2v) is 4.17. The van der Waals surface area contributed by atoms with E-state index in [1.807, 2.05) is 0 Å². The van der Waals surface area contributed by atoms with Crippen LogP contribution in [0.5, 0.6) is 0 Å². The lowest BCUT2D eigenvalue weighted by atomic mass is 9.69. The van der Waals surface area contributed by atoms with Gasteiger partial charge in [0.05, 0.1) is 0 Å². The summed E-state index contributed by atoms with van der Waals surface area (Å²) in [5.41, 5.74) is 0.563. The second kappa shape index (κ2) is 1.66. The fourth-order valence-corrected chi connectivity index (χ4v) is 2.42. The number of hydrogen-bond donors (Lipinski definition) is 1. The Morgan fingerprint density at radius 1 is 1.09 bits per heavy atom. The van der Waals surface area contributed by atoms with E-state index in [-0.39, 0.29) is 5.66 Å². The summed E-state index contributed by atoms with van der Waals surface area (Å²) in [6.07, 6.45) is 6.40. The van der Waals surface area contributed by atoms with Crippen LogP contribution in [0.1, 0.15) is 32.1 Å². The highest BCUT2D eigenvalue weighted by molar-refractivity contribution is 5.10. The van der Waals surface area contributed by atoms with Crippen molar-refractivity contribution in [1.82, 2.24) is 5.32 Å². The van der Waals surface area contributed by atoms with Gasteiger partial charge in [0.2, 0.25) is 0 Å². The van der Waals surface area contributed by atoms with E-state index in [1.165, 1.54) is 25.7 Å². The fraction of sp³-hybridized carbons (Fsp3) is 1.00. The summed E-state index contributed by atoms with van der Waals surface area (Å²) >= 11 is 0. The van der Waals surface area contributed by atoms with Gasteiger partial charge in [-0.1, -0.05) is 0 Å². The van der Waals surface area contributed by atoms with Crippen LogP contribution < -0.4 is 5.32 Å². The zero-order valence-electron chi connectivity index (χ0n) is 6.64. The first kappa shape index (κ1) is 6.12. The molecular formula is C8H13N3. The standard InChI is InChI=1S/C8H13N3/c1-2-7(3-1)6-8(10-11-8)4-5-9-7/h9H,1-6H2. The Hall–Kier alpha value is -0.440. The molecule has 11 heavy (non-hydrogen) atoms. The topological polar surface area (TPSA) is 36.8 Å². The van der Waals surface area contributed by atoms with Crippen molar-refractivity contribution in [3.63, 3.8) is 0 Å². The maximum atomic E-state index is 4.16. The van der Waals surface area contributed by atoms with Crippen molar-refractivity contribution in [2.24, 2.45) is 10.2 Å². The Morgan fingerprint density at radius 3 is 2.45 bits per heavy atom. The summed E-state index contributed by atoms with van der Waals surface area (Å²) in [6.45, 7) is 1.12. The minimum atomic E-state index is 0.103. The molecule has 1 saturated carbocycles. The maximum absolute atomic E-state index is 4.16. The Morgan fingerprint density at radius 2 is 1.91 bits per heavy atom. The fourth-order valence-electron chi connectivity index (χ4n) is 2.42. The summed E-state index contributed by atoms with van der Waals surface area (Å²) in [7, 11) is 0. The first-order valence-corrected chi connectivity index (χ1v) is 4.52. The summed E-state index contributed by atoms with van der Waals surface area (Å²) in [6, 6.07) is 0. The van der Waals surface area contributed by atoms with Crippen molar-refractivity contribution in [3.05, 3.63) is 0 Å². The molecule has 3 aliphatic rings. The molecule has 3 rings (SSSR count). The Bertz CT molecular complexity index is 211. The predicted octanol–water partition coefficient (Wildman–Crippen LogP) is 1.45. The van der Waals surface area contributed by atoms with Crippen LogP contribution in [0.2, 0.25) is 0 Å². The molecule has 2 heterocycles. The van der Waals surface area contributed by atoms with E-state index in [4.69, 9.17) is 0 Å². The predicted molar refractivity (Wildman–Crippen MR) is 41.4 cm³/mol. The number of nitrogens with zero attached hydrogens (tertiary/aromatic N) is 2. The average Bonchev–Trinajstić information content (AvgIpc) is 2.66. The molecule has 0 unspecified atom stereocenters. The number of piperidine rings is 1. The summed E-state index contributed by atoms with van der Waals surface area (Å²) in [5, 5.41) is 11.9. The monoisotopic (exact) mass is 151 g/mol. The molecule has 1 aliphatic carbocycles. The quantitative estimate of drug-likeness (QED) is 0.559. The highest BCUT2D eigenvalue weighted by atomic mass is 15.4. The number of rotatable bonds is 0. The molecule has 0 radical (unpaired) electrons. The average molecular weight is 151 g/mol. The van der Waals surface area contributed by atoms with Crippen LogP contribution in [0.3, 0.4) is 0 Å². The van der Waals surface area contributed by atoms with Gasteiger partial charge < -0.3 is 5.32 Å². The molecule has 0 amide bonds. The lowest BCUT2D eigenvalue weighted by Crippen LogP contribution is -2.57. The van der Waals surface area contributed by atoms with Gasteiger partial charge in [0.1, 0.15) is 0 Å². The molecule has 0 aromatic carbocycles. The number of nitrogens with one attached hydrogen (secondary N) is 1. The third-order valence-corrected chi connectivity index (χ3v) is 3.34. The summed E-state index contributed by atoms with van der Waals surface area (Å²) in [4.78, 5) is 0. The molecule has 0 aromatic heterocycles. The van der Waals surface area contributed by atoms with Crippen molar-refractivity contribution in [1.29, 1.82) is 0 Å². The molecular weight excluding hydrogens is 138 g/mol. The summed E-state index contributed by atoms with van der Waals surface area (Å²) in [5.74, 6) is 0. The third-order valence-electron chi connectivity index (χ3n) is 3.34. The molecule has 1 N–H and O–H groups in total. The zero-order chi connectivity index (χ0) is 7.36. The van der Waals surface area contributed by atoms with Crippen LogP contribution in [0, 0.1) is 0 Å². The molecule has 2 fully saturated rings. The van der Waals surface area contributed by atoms with E-state index >= 15 is 0 Å². The molecule has 2 spiro atoms. The molecule has 0 aromatic rings. The van der Waals surface area contributed by atoms with Gasteiger partial charge in [0, 0.05) is 18.4 Å². The molecule has 0 bridgehead atoms. The highest BCUT2D eigenvalue weighted by Gasteiger charge is 2.52. The summed E-state index contributed by atoms with van der Waals surface area (Å²) < 4.78 is 0. The molecule has 2 aliphatic heterocycles. The SMILES string of the molecule is C1CC2(C1)CC1(CCN2)N=N1. The minimum Gasteiger partial charge on any atom is -0.311 e. The van der Waals surface area contributed by atoms with Crippen molar-refractivity contribution in [2.45, 2.75) is 43.3 Å². The first-order valence-electron chi connectivity index (χ1n) is 4.52. The van der Waals surface area contributed by atoms with Gasteiger partial charge in [-0.25, -0.2) is 0 Å². The van der Waals surface area contributed by atoms with Crippen LogP contribution in [0.25, 0.3) is 0 Å². The van der Waals surface area contributed by atoms with E-state index in [9.17, 15) is 0 Å².